The van der Waals surface area contributed by atoms with Crippen molar-refractivity contribution < 1.29 is 9.90 Å². The Morgan fingerprint density at radius 3 is 2.52 bits per heavy atom. The van der Waals surface area contributed by atoms with Gasteiger partial charge in [0.15, 0.2) is 0 Å². The van der Waals surface area contributed by atoms with Gasteiger partial charge in [-0.05, 0) is 54.9 Å². The number of aliphatic hydroxyl groups is 1. The zero-order chi connectivity index (χ0) is 20.9. The molecular formula is C24H31BrN2O2. The molecule has 2 aromatic rings. The minimum atomic E-state index is -0.645. The Labute approximate surface area is 182 Å². The number of rotatable bonds is 10. The molecule has 0 radical (unpaired) electrons. The molecule has 5 heteroatoms. The van der Waals surface area contributed by atoms with Crippen molar-refractivity contribution in [3.63, 3.8) is 0 Å². The van der Waals surface area contributed by atoms with Crippen LogP contribution < -0.4 is 10.6 Å². The second-order valence-electron chi connectivity index (χ2n) is 8.45. The summed E-state index contributed by atoms with van der Waals surface area (Å²) in [5.74, 6) is 0.254. The number of aliphatic hydroxyl groups excluding tert-OH is 1. The van der Waals surface area contributed by atoms with Gasteiger partial charge in [0.1, 0.15) is 0 Å². The molecule has 0 saturated heterocycles. The molecule has 29 heavy (non-hydrogen) atoms. The largest absolute Gasteiger partial charge is 0.396 e. The topological polar surface area (TPSA) is 61.4 Å². The van der Waals surface area contributed by atoms with Gasteiger partial charge in [-0.25, -0.2) is 0 Å². The minimum Gasteiger partial charge on any atom is -0.396 e. The highest BCUT2D eigenvalue weighted by Gasteiger charge is 2.50. The molecule has 3 rings (SSSR count). The zero-order valence-electron chi connectivity index (χ0n) is 17.2. The maximum Gasteiger partial charge on any atom is 0.218 e. The van der Waals surface area contributed by atoms with Gasteiger partial charge in [0.2, 0.25) is 5.91 Å². The molecule has 2 atom stereocenters. The van der Waals surface area contributed by atoms with E-state index in [0.29, 0.717) is 12.3 Å². The van der Waals surface area contributed by atoms with E-state index < -0.39 is 5.66 Å². The third kappa shape index (κ3) is 5.91. The lowest BCUT2D eigenvalue weighted by molar-refractivity contribution is -0.122. The fraction of sp³-hybridized carbons (Fsp3) is 0.458. The molecule has 0 bridgehead atoms. The molecular weight excluding hydrogens is 428 g/mol. The van der Waals surface area contributed by atoms with Crippen LogP contribution in [0.2, 0.25) is 0 Å². The summed E-state index contributed by atoms with van der Waals surface area (Å²) < 4.78 is 1.05. The summed E-state index contributed by atoms with van der Waals surface area (Å²) in [4.78, 5) is 12.1. The molecule has 0 spiro atoms. The summed E-state index contributed by atoms with van der Waals surface area (Å²) in [7, 11) is 0. The highest BCUT2D eigenvalue weighted by atomic mass is 79.9. The van der Waals surface area contributed by atoms with Crippen molar-refractivity contribution in [2.75, 3.05) is 6.61 Å². The zero-order valence-corrected chi connectivity index (χ0v) is 18.8. The number of halogens is 1. The van der Waals surface area contributed by atoms with Gasteiger partial charge in [-0.1, -0.05) is 65.3 Å². The molecule has 0 aromatic heterocycles. The smallest absolute Gasteiger partial charge is 0.218 e. The van der Waals surface area contributed by atoms with Crippen LogP contribution in [0.1, 0.15) is 50.7 Å². The summed E-state index contributed by atoms with van der Waals surface area (Å²) in [6, 6.07) is 18.8. The third-order valence-corrected chi connectivity index (χ3v) is 6.18. The van der Waals surface area contributed by atoms with Crippen molar-refractivity contribution in [1.29, 1.82) is 0 Å². The molecule has 4 nitrogen and oxygen atoms in total. The van der Waals surface area contributed by atoms with E-state index in [2.05, 4.69) is 69.9 Å². The van der Waals surface area contributed by atoms with Crippen LogP contribution in [-0.4, -0.2) is 23.3 Å². The molecule has 1 saturated carbocycles. The highest BCUT2D eigenvalue weighted by Crippen LogP contribution is 2.48. The molecule has 1 aliphatic rings. The Bertz CT molecular complexity index is 823. The predicted octanol–water partition coefficient (Wildman–Crippen LogP) is 4.51. The van der Waals surface area contributed by atoms with E-state index in [9.17, 15) is 9.90 Å². The van der Waals surface area contributed by atoms with Crippen LogP contribution in [0.5, 0.6) is 0 Å². The van der Waals surface area contributed by atoms with Crippen LogP contribution in [0.15, 0.2) is 59.1 Å². The summed E-state index contributed by atoms with van der Waals surface area (Å²) >= 11 is 3.57. The molecule has 156 valence electrons. The summed E-state index contributed by atoms with van der Waals surface area (Å²) in [5.41, 5.74) is 1.70. The summed E-state index contributed by atoms with van der Waals surface area (Å²) in [6.45, 7) is 3.77. The quantitative estimate of drug-likeness (QED) is 0.458. The average Bonchev–Trinajstić information content (AvgIpc) is 3.42. The maximum absolute atomic E-state index is 12.1. The van der Waals surface area contributed by atoms with Gasteiger partial charge in [0.25, 0.3) is 0 Å². The number of amides is 1. The van der Waals surface area contributed by atoms with Gasteiger partial charge in [-0.3, -0.25) is 10.1 Å². The van der Waals surface area contributed by atoms with Crippen LogP contribution in [0.4, 0.5) is 0 Å². The standard InChI is InChI=1S/C24H31BrN2O2/c1-18(15-20-7-4-3-5-8-20)17-24(13-14-28,26-19(2)29)27-23(11-12-23)21-9-6-10-22(25)16-21/h3-10,16,18,27-28H,11-15,17H2,1-2H3,(H,26,29). The van der Waals surface area contributed by atoms with Crippen LogP contribution in [0.25, 0.3) is 0 Å². The SMILES string of the molecule is CC(=O)NC(CCO)(CC(C)Cc1ccccc1)NC1(c2cccc(Br)c2)CC1. The van der Waals surface area contributed by atoms with Crippen molar-refractivity contribution in [3.05, 3.63) is 70.2 Å². The summed E-state index contributed by atoms with van der Waals surface area (Å²) in [6.07, 6.45) is 4.19. The average molecular weight is 459 g/mol. The fourth-order valence-corrected chi connectivity index (χ4v) is 4.83. The number of hydrogen-bond donors (Lipinski definition) is 3. The van der Waals surface area contributed by atoms with E-state index in [0.717, 1.165) is 30.2 Å². The van der Waals surface area contributed by atoms with E-state index in [1.807, 2.05) is 18.2 Å². The predicted molar refractivity (Wildman–Crippen MR) is 120 cm³/mol. The molecule has 1 aliphatic carbocycles. The van der Waals surface area contributed by atoms with Gasteiger partial charge in [0, 0.05) is 30.0 Å². The second kappa shape index (κ2) is 9.41. The molecule has 0 heterocycles. The highest BCUT2D eigenvalue weighted by molar-refractivity contribution is 9.10. The normalized spacial score (nSPS) is 17.9. The third-order valence-electron chi connectivity index (χ3n) is 5.68. The monoisotopic (exact) mass is 458 g/mol. The second-order valence-corrected chi connectivity index (χ2v) is 9.37. The number of carbonyl (C=O) groups excluding carboxylic acids is 1. The molecule has 1 fully saturated rings. The number of carbonyl (C=O) groups is 1. The van der Waals surface area contributed by atoms with Crippen LogP contribution >= 0.6 is 15.9 Å². The van der Waals surface area contributed by atoms with E-state index in [-0.39, 0.29) is 18.1 Å². The lowest BCUT2D eigenvalue weighted by Crippen LogP contribution is -2.62. The first kappa shape index (κ1) is 22.0. The lowest BCUT2D eigenvalue weighted by Gasteiger charge is -2.41. The fourth-order valence-electron chi connectivity index (χ4n) is 4.43. The van der Waals surface area contributed by atoms with Gasteiger partial charge in [-0.15, -0.1) is 0 Å². The van der Waals surface area contributed by atoms with E-state index in [1.165, 1.54) is 11.1 Å². The van der Waals surface area contributed by atoms with Crippen molar-refractivity contribution in [2.24, 2.45) is 5.92 Å². The molecule has 0 aliphatic heterocycles. The Hall–Kier alpha value is -1.69. The van der Waals surface area contributed by atoms with Gasteiger partial charge in [0.05, 0.1) is 5.66 Å². The Morgan fingerprint density at radius 2 is 1.93 bits per heavy atom. The molecule has 2 unspecified atom stereocenters. The van der Waals surface area contributed by atoms with Crippen molar-refractivity contribution in [2.45, 2.75) is 57.2 Å². The Kier molecular flexibility index (Phi) is 7.14. The maximum atomic E-state index is 12.1. The van der Waals surface area contributed by atoms with Crippen molar-refractivity contribution in [3.8, 4) is 0 Å². The first-order valence-corrected chi connectivity index (χ1v) is 11.1. The molecule has 2 aromatic carbocycles. The lowest BCUT2D eigenvalue weighted by atomic mass is 9.87. The van der Waals surface area contributed by atoms with E-state index in [4.69, 9.17) is 0 Å². The van der Waals surface area contributed by atoms with Crippen LogP contribution in [-0.2, 0) is 16.8 Å². The van der Waals surface area contributed by atoms with Crippen LogP contribution in [0, 0.1) is 5.92 Å². The number of benzene rings is 2. The Balaban J connectivity index is 1.83. The van der Waals surface area contributed by atoms with Crippen LogP contribution in [0.3, 0.4) is 0 Å². The van der Waals surface area contributed by atoms with Gasteiger partial charge < -0.3 is 10.4 Å². The summed E-state index contributed by atoms with van der Waals surface area (Å²) in [5, 5.41) is 16.8. The van der Waals surface area contributed by atoms with Gasteiger partial charge >= 0.3 is 0 Å². The minimum absolute atomic E-state index is 0.0138. The van der Waals surface area contributed by atoms with Crippen molar-refractivity contribution in [1.82, 2.24) is 10.6 Å². The Morgan fingerprint density at radius 1 is 1.21 bits per heavy atom. The first-order chi connectivity index (χ1) is 13.9. The molecule has 3 N–H and O–H groups in total. The number of nitrogens with one attached hydrogen (secondary N) is 2. The van der Waals surface area contributed by atoms with E-state index in [1.54, 1.807) is 6.92 Å². The number of hydrogen-bond acceptors (Lipinski definition) is 3. The first-order valence-electron chi connectivity index (χ1n) is 10.4. The van der Waals surface area contributed by atoms with E-state index >= 15 is 0 Å². The van der Waals surface area contributed by atoms with Gasteiger partial charge in [-0.2, -0.15) is 0 Å². The molecule has 1 amide bonds. The van der Waals surface area contributed by atoms with Crippen molar-refractivity contribution >= 4 is 21.8 Å².